The number of hydrogen-bond donors (Lipinski definition) is 0. The molecular formula is C27H24ClFO2Si. The van der Waals surface area contributed by atoms with Crippen molar-refractivity contribution in [3.8, 4) is 5.75 Å². The van der Waals surface area contributed by atoms with Gasteiger partial charge in [-0.2, -0.15) is 0 Å². The summed E-state index contributed by atoms with van der Waals surface area (Å²) in [6.45, 7) is 6.51. The normalized spacial score (nSPS) is 12.0. The molecule has 32 heavy (non-hydrogen) atoms. The van der Waals surface area contributed by atoms with Gasteiger partial charge in [-0.05, 0) is 39.7 Å². The number of benzene rings is 4. The molecule has 0 aliphatic rings. The highest BCUT2D eigenvalue weighted by atomic mass is 35.5. The van der Waals surface area contributed by atoms with Crippen LogP contribution in [-0.4, -0.2) is 14.6 Å². The summed E-state index contributed by atoms with van der Waals surface area (Å²) in [5.74, 6) is -0.0744. The summed E-state index contributed by atoms with van der Waals surface area (Å²) >= 11 is 6.04. The Balaban J connectivity index is 2.06. The van der Waals surface area contributed by atoms with E-state index in [1.807, 2.05) is 36.4 Å². The van der Waals surface area contributed by atoms with Crippen molar-refractivity contribution in [2.45, 2.75) is 25.8 Å². The van der Waals surface area contributed by atoms with Crippen LogP contribution in [0.3, 0.4) is 0 Å². The molecule has 0 fully saturated rings. The van der Waals surface area contributed by atoms with Gasteiger partial charge in [-0.3, -0.25) is 4.79 Å². The zero-order chi connectivity index (χ0) is 22.9. The summed E-state index contributed by atoms with van der Waals surface area (Å²) in [4.78, 5) is 11.7. The Labute approximate surface area is 193 Å². The van der Waals surface area contributed by atoms with E-state index in [9.17, 15) is 9.18 Å². The summed E-state index contributed by atoms with van der Waals surface area (Å²) in [5, 5.41) is 2.79. The minimum Gasteiger partial charge on any atom is -0.534 e. The molecule has 0 radical (unpaired) electrons. The molecule has 4 rings (SSSR count). The van der Waals surface area contributed by atoms with Gasteiger partial charge >= 0.3 is 8.32 Å². The lowest BCUT2D eigenvalue weighted by Gasteiger charge is -2.43. The molecule has 5 heteroatoms. The van der Waals surface area contributed by atoms with Crippen LogP contribution >= 0.6 is 11.6 Å². The van der Waals surface area contributed by atoms with Crippen LogP contribution in [0.2, 0.25) is 10.1 Å². The molecule has 0 aliphatic carbocycles. The molecule has 0 aromatic heterocycles. The molecule has 162 valence electrons. The van der Waals surface area contributed by atoms with E-state index < -0.39 is 14.1 Å². The summed E-state index contributed by atoms with van der Waals surface area (Å²) in [6.07, 6.45) is 0.706. The van der Waals surface area contributed by atoms with Crippen molar-refractivity contribution in [3.05, 3.63) is 101 Å². The quantitative estimate of drug-likeness (QED) is 0.254. The Morgan fingerprint density at radius 2 is 1.41 bits per heavy atom. The van der Waals surface area contributed by atoms with E-state index >= 15 is 0 Å². The molecular weight excluding hydrogens is 439 g/mol. The number of halogens is 2. The lowest BCUT2D eigenvalue weighted by molar-refractivity contribution is 0.112. The number of carbonyl (C=O) groups excluding carboxylic acids is 1. The topological polar surface area (TPSA) is 26.3 Å². The highest BCUT2D eigenvalue weighted by Crippen LogP contribution is 2.40. The number of carbonyl (C=O) groups is 1. The average molecular weight is 463 g/mol. The van der Waals surface area contributed by atoms with E-state index in [4.69, 9.17) is 16.0 Å². The fourth-order valence-corrected chi connectivity index (χ4v) is 8.92. The van der Waals surface area contributed by atoms with E-state index in [1.165, 1.54) is 12.1 Å². The van der Waals surface area contributed by atoms with E-state index in [1.54, 1.807) is 12.1 Å². The first-order valence-corrected chi connectivity index (χ1v) is 12.7. The summed E-state index contributed by atoms with van der Waals surface area (Å²) in [5.41, 5.74) is 0.339. The van der Waals surface area contributed by atoms with Crippen LogP contribution in [-0.2, 0) is 0 Å². The molecule has 4 aromatic carbocycles. The van der Waals surface area contributed by atoms with Crippen LogP contribution in [0, 0.1) is 5.82 Å². The zero-order valence-corrected chi connectivity index (χ0v) is 20.0. The molecule has 0 aliphatic heterocycles. The molecule has 0 bridgehead atoms. The number of aldehydes is 1. The van der Waals surface area contributed by atoms with Crippen LogP contribution in [0.5, 0.6) is 5.75 Å². The Hall–Kier alpha value is -2.95. The van der Waals surface area contributed by atoms with Gasteiger partial charge in [0, 0.05) is 16.3 Å². The predicted octanol–water partition coefficient (Wildman–Crippen LogP) is 6.38. The van der Waals surface area contributed by atoms with Crippen LogP contribution in [0.1, 0.15) is 31.1 Å². The minimum atomic E-state index is -2.95. The van der Waals surface area contributed by atoms with Crippen LogP contribution in [0.15, 0.2) is 84.9 Å². The second-order valence-electron chi connectivity index (χ2n) is 8.86. The van der Waals surface area contributed by atoms with Gasteiger partial charge in [-0.15, -0.1) is 0 Å². The number of fused-ring (bicyclic) bond motifs is 1. The lowest BCUT2D eigenvalue weighted by atomic mass is 10.1. The van der Waals surface area contributed by atoms with Crippen molar-refractivity contribution in [1.82, 2.24) is 0 Å². The third-order valence-corrected chi connectivity index (χ3v) is 11.0. The molecule has 0 heterocycles. The first kappa shape index (κ1) is 22.2. The third-order valence-electron chi connectivity index (χ3n) is 5.82. The predicted molar refractivity (Wildman–Crippen MR) is 133 cm³/mol. The second kappa shape index (κ2) is 8.53. The Kier molecular flexibility index (Phi) is 5.93. The van der Waals surface area contributed by atoms with Gasteiger partial charge in [0.2, 0.25) is 0 Å². The van der Waals surface area contributed by atoms with E-state index in [0.717, 1.165) is 10.4 Å². The van der Waals surface area contributed by atoms with Crippen molar-refractivity contribution >= 4 is 47.4 Å². The van der Waals surface area contributed by atoms with Crippen LogP contribution in [0.4, 0.5) is 4.39 Å². The van der Waals surface area contributed by atoms with E-state index in [0.29, 0.717) is 23.0 Å². The molecule has 4 aromatic rings. The smallest absolute Gasteiger partial charge is 0.319 e. The summed E-state index contributed by atoms with van der Waals surface area (Å²) < 4.78 is 22.0. The first-order chi connectivity index (χ1) is 15.3. The SMILES string of the molecule is CC(C)(C)[Si](Oc1cc(C=O)cc2c(F)c(Cl)ccc12)(c1ccccc1)c1ccccc1. The van der Waals surface area contributed by atoms with Crippen molar-refractivity contribution < 1.29 is 13.6 Å². The second-order valence-corrected chi connectivity index (χ2v) is 13.5. The third kappa shape index (κ3) is 3.74. The Morgan fingerprint density at radius 3 is 1.91 bits per heavy atom. The van der Waals surface area contributed by atoms with Crippen molar-refractivity contribution in [1.29, 1.82) is 0 Å². The number of rotatable bonds is 5. The highest BCUT2D eigenvalue weighted by molar-refractivity contribution is 7.00. The maximum Gasteiger partial charge on any atom is 0.319 e. The van der Waals surface area contributed by atoms with Gasteiger partial charge < -0.3 is 4.43 Å². The van der Waals surface area contributed by atoms with Gasteiger partial charge in [0.05, 0.1) is 5.02 Å². The molecule has 2 nitrogen and oxygen atoms in total. The Morgan fingerprint density at radius 1 is 0.844 bits per heavy atom. The Bertz CT molecular complexity index is 1230. The largest absolute Gasteiger partial charge is 0.534 e. The summed E-state index contributed by atoms with van der Waals surface area (Å²) in [6, 6.07) is 26.9. The van der Waals surface area contributed by atoms with E-state index in [-0.39, 0.29) is 15.4 Å². The van der Waals surface area contributed by atoms with Gasteiger partial charge in [0.15, 0.2) is 0 Å². The fraction of sp³-hybridized carbons (Fsp3) is 0.148. The molecule has 0 amide bonds. The van der Waals surface area contributed by atoms with Crippen molar-refractivity contribution in [2.24, 2.45) is 0 Å². The van der Waals surface area contributed by atoms with E-state index in [2.05, 4.69) is 45.0 Å². The van der Waals surface area contributed by atoms with Crippen molar-refractivity contribution in [2.75, 3.05) is 0 Å². The maximum absolute atomic E-state index is 14.9. The van der Waals surface area contributed by atoms with Crippen LogP contribution in [0.25, 0.3) is 10.8 Å². The lowest BCUT2D eigenvalue weighted by Crippen LogP contribution is -2.68. The molecule has 0 atom stereocenters. The summed E-state index contributed by atoms with van der Waals surface area (Å²) in [7, 11) is -2.95. The van der Waals surface area contributed by atoms with Gasteiger partial charge in [0.1, 0.15) is 17.9 Å². The molecule has 0 saturated carbocycles. The van der Waals surface area contributed by atoms with Gasteiger partial charge in [0.25, 0.3) is 0 Å². The zero-order valence-electron chi connectivity index (χ0n) is 18.2. The van der Waals surface area contributed by atoms with Crippen LogP contribution < -0.4 is 14.8 Å². The molecule has 0 spiro atoms. The number of hydrogen-bond acceptors (Lipinski definition) is 2. The molecule has 0 unspecified atom stereocenters. The standard InChI is InChI=1S/C27H24ClFO2Si/c1-27(2,3)32(20-10-6-4-7-11-20,21-12-8-5-9-13-21)31-25-17-19(18-30)16-23-22(25)14-15-24(28)26(23)29/h4-18H,1-3H3. The van der Waals surface area contributed by atoms with Gasteiger partial charge in [-0.1, -0.05) is 93.0 Å². The maximum atomic E-state index is 14.9. The molecule has 0 N–H and O–H groups in total. The minimum absolute atomic E-state index is 0.0111. The van der Waals surface area contributed by atoms with Gasteiger partial charge in [-0.25, -0.2) is 4.39 Å². The monoisotopic (exact) mass is 462 g/mol. The van der Waals surface area contributed by atoms with Crippen molar-refractivity contribution in [3.63, 3.8) is 0 Å². The average Bonchev–Trinajstić information content (AvgIpc) is 2.80. The highest BCUT2D eigenvalue weighted by Gasteiger charge is 2.52. The fourth-order valence-electron chi connectivity index (χ4n) is 4.33. The molecule has 0 saturated heterocycles. The first-order valence-electron chi connectivity index (χ1n) is 10.4.